The average Bonchev–Trinajstić information content (AvgIpc) is 2.22. The Labute approximate surface area is 85.5 Å². The lowest BCUT2D eigenvalue weighted by atomic mass is 10.3. The molecular formula is C10H20N2O2. The van der Waals surface area contributed by atoms with Crippen LogP contribution in [0.2, 0.25) is 0 Å². The maximum Gasteiger partial charge on any atom is 0.240 e. The van der Waals surface area contributed by atoms with Crippen molar-refractivity contribution in [2.75, 3.05) is 13.2 Å². The van der Waals surface area contributed by atoms with Crippen LogP contribution in [-0.2, 0) is 9.53 Å². The summed E-state index contributed by atoms with van der Waals surface area (Å²) in [5.74, 6) is -0.215. The third kappa shape index (κ3) is 5.72. The van der Waals surface area contributed by atoms with Crippen LogP contribution in [0.25, 0.3) is 0 Å². The van der Waals surface area contributed by atoms with E-state index in [0.29, 0.717) is 13.2 Å². The summed E-state index contributed by atoms with van der Waals surface area (Å²) < 4.78 is 5.37. The molecular weight excluding hydrogens is 180 g/mol. The van der Waals surface area contributed by atoms with Gasteiger partial charge in [-0.25, -0.2) is 0 Å². The minimum atomic E-state index is -0.626. The van der Waals surface area contributed by atoms with Crippen LogP contribution in [0.5, 0.6) is 0 Å². The van der Waals surface area contributed by atoms with Gasteiger partial charge in [0.25, 0.3) is 0 Å². The molecule has 1 amide bonds. The van der Waals surface area contributed by atoms with Gasteiger partial charge in [0.1, 0.15) is 6.04 Å². The van der Waals surface area contributed by atoms with Crippen molar-refractivity contribution in [3.05, 3.63) is 12.7 Å². The maximum absolute atomic E-state index is 11.1. The zero-order chi connectivity index (χ0) is 11.0. The van der Waals surface area contributed by atoms with Gasteiger partial charge in [0.15, 0.2) is 0 Å². The molecule has 2 unspecified atom stereocenters. The van der Waals surface area contributed by atoms with Crippen LogP contribution in [0.3, 0.4) is 0 Å². The van der Waals surface area contributed by atoms with Gasteiger partial charge in [-0.1, -0.05) is 13.0 Å². The molecule has 0 saturated carbocycles. The molecule has 0 fully saturated rings. The average molecular weight is 200 g/mol. The lowest BCUT2D eigenvalue weighted by Gasteiger charge is -2.12. The number of hydrogen-bond acceptors (Lipinski definition) is 3. The highest BCUT2D eigenvalue weighted by atomic mass is 16.5. The van der Waals surface area contributed by atoms with Gasteiger partial charge in [0.05, 0.1) is 12.7 Å². The number of nitrogens with two attached hydrogens (primary N) is 1. The van der Waals surface area contributed by atoms with Gasteiger partial charge in [-0.3, -0.25) is 4.79 Å². The largest absolute Gasteiger partial charge is 0.377 e. The molecule has 0 aliphatic heterocycles. The van der Waals surface area contributed by atoms with Gasteiger partial charge in [0, 0.05) is 6.54 Å². The molecule has 0 spiro atoms. The molecule has 0 heterocycles. The third-order valence-corrected chi connectivity index (χ3v) is 1.94. The van der Waals surface area contributed by atoms with Crippen LogP contribution >= 0.6 is 0 Å². The highest BCUT2D eigenvalue weighted by molar-refractivity contribution is 5.83. The van der Waals surface area contributed by atoms with Crippen molar-refractivity contribution < 1.29 is 9.53 Å². The third-order valence-electron chi connectivity index (χ3n) is 1.94. The number of ether oxygens (including phenoxy) is 1. The summed E-state index contributed by atoms with van der Waals surface area (Å²) in [7, 11) is 0. The summed E-state index contributed by atoms with van der Waals surface area (Å²) in [6, 6.07) is -0.626. The van der Waals surface area contributed by atoms with E-state index in [0.717, 1.165) is 6.42 Å². The number of amides is 1. The molecule has 0 aliphatic rings. The number of rotatable bonds is 7. The van der Waals surface area contributed by atoms with E-state index in [1.807, 2.05) is 6.92 Å². The number of carbonyl (C=O) groups is 1. The van der Waals surface area contributed by atoms with Gasteiger partial charge in [-0.15, -0.1) is 6.58 Å². The fourth-order valence-electron chi connectivity index (χ4n) is 0.777. The minimum absolute atomic E-state index is 0.215. The quantitative estimate of drug-likeness (QED) is 0.463. The van der Waals surface area contributed by atoms with Crippen molar-refractivity contribution in [2.45, 2.75) is 32.4 Å². The molecule has 0 aromatic heterocycles. The molecule has 0 rings (SSSR count). The molecule has 2 atom stereocenters. The maximum atomic E-state index is 11.1. The van der Waals surface area contributed by atoms with Crippen LogP contribution < -0.4 is 11.1 Å². The van der Waals surface area contributed by atoms with Crippen LogP contribution in [0.4, 0.5) is 0 Å². The second-order valence-electron chi connectivity index (χ2n) is 3.14. The fraction of sp³-hybridized carbons (Fsp3) is 0.700. The first-order chi connectivity index (χ1) is 6.61. The first-order valence-corrected chi connectivity index (χ1v) is 4.89. The summed E-state index contributed by atoms with van der Waals surface area (Å²) in [5, 5.41) is 2.65. The van der Waals surface area contributed by atoms with E-state index in [9.17, 15) is 4.79 Å². The zero-order valence-corrected chi connectivity index (χ0v) is 8.95. The van der Waals surface area contributed by atoms with Crippen molar-refractivity contribution in [1.82, 2.24) is 5.32 Å². The molecule has 0 radical (unpaired) electrons. The first kappa shape index (κ1) is 13.1. The Balaban J connectivity index is 3.45. The topological polar surface area (TPSA) is 64.4 Å². The van der Waals surface area contributed by atoms with Crippen LogP contribution in [0.15, 0.2) is 12.7 Å². The van der Waals surface area contributed by atoms with E-state index in [1.54, 1.807) is 0 Å². The molecule has 0 aliphatic carbocycles. The molecule has 14 heavy (non-hydrogen) atoms. The Morgan fingerprint density at radius 2 is 2.36 bits per heavy atom. The zero-order valence-electron chi connectivity index (χ0n) is 8.95. The lowest BCUT2D eigenvalue weighted by Crippen LogP contribution is -2.40. The molecule has 0 saturated heterocycles. The van der Waals surface area contributed by atoms with Gasteiger partial charge in [-0.05, 0) is 13.3 Å². The van der Waals surface area contributed by atoms with Crippen molar-refractivity contribution in [1.29, 1.82) is 0 Å². The minimum Gasteiger partial charge on any atom is -0.377 e. The van der Waals surface area contributed by atoms with Crippen molar-refractivity contribution in [2.24, 2.45) is 5.73 Å². The van der Waals surface area contributed by atoms with Crippen molar-refractivity contribution >= 4 is 5.91 Å². The Kier molecular flexibility index (Phi) is 7.06. The SMILES string of the molecule is C=CC(N)C(=O)NCCOC(C)CC. The number of hydrogen-bond donors (Lipinski definition) is 2. The van der Waals surface area contributed by atoms with Gasteiger partial charge in [0.2, 0.25) is 5.91 Å². The highest BCUT2D eigenvalue weighted by Crippen LogP contribution is 1.93. The molecule has 0 aromatic carbocycles. The molecule has 0 aromatic rings. The number of carbonyl (C=O) groups excluding carboxylic acids is 1. The van der Waals surface area contributed by atoms with E-state index in [-0.39, 0.29) is 12.0 Å². The van der Waals surface area contributed by atoms with Crippen LogP contribution in [0.1, 0.15) is 20.3 Å². The Morgan fingerprint density at radius 3 is 2.86 bits per heavy atom. The fourth-order valence-corrected chi connectivity index (χ4v) is 0.777. The standard InChI is InChI=1S/C10H20N2O2/c1-4-8(3)14-7-6-12-10(13)9(11)5-2/h5,8-9H,2,4,6-7,11H2,1,3H3,(H,12,13). The lowest BCUT2D eigenvalue weighted by molar-refractivity contribution is -0.121. The summed E-state index contributed by atoms with van der Waals surface area (Å²) in [6.07, 6.45) is 2.62. The van der Waals surface area contributed by atoms with Gasteiger partial charge < -0.3 is 15.8 Å². The summed E-state index contributed by atoms with van der Waals surface area (Å²) in [5.41, 5.74) is 5.41. The molecule has 0 bridgehead atoms. The van der Waals surface area contributed by atoms with Crippen molar-refractivity contribution in [3.63, 3.8) is 0 Å². The van der Waals surface area contributed by atoms with E-state index >= 15 is 0 Å². The number of nitrogens with one attached hydrogen (secondary N) is 1. The monoisotopic (exact) mass is 200 g/mol. The highest BCUT2D eigenvalue weighted by Gasteiger charge is 2.07. The van der Waals surface area contributed by atoms with Crippen LogP contribution in [-0.4, -0.2) is 31.2 Å². The van der Waals surface area contributed by atoms with E-state index in [4.69, 9.17) is 10.5 Å². The predicted octanol–water partition coefficient (Wildman–Crippen LogP) is 0.431. The molecule has 4 nitrogen and oxygen atoms in total. The smallest absolute Gasteiger partial charge is 0.240 e. The summed E-state index contributed by atoms with van der Waals surface area (Å²) in [6.45, 7) is 8.49. The van der Waals surface area contributed by atoms with Crippen LogP contribution in [0, 0.1) is 0 Å². The Bertz CT molecular complexity index is 183. The van der Waals surface area contributed by atoms with E-state index < -0.39 is 6.04 Å². The predicted molar refractivity (Wildman–Crippen MR) is 56.9 cm³/mol. The molecule has 82 valence electrons. The molecule has 3 N–H and O–H groups in total. The Morgan fingerprint density at radius 1 is 1.71 bits per heavy atom. The van der Waals surface area contributed by atoms with E-state index in [2.05, 4.69) is 18.8 Å². The molecule has 4 heteroatoms. The first-order valence-electron chi connectivity index (χ1n) is 4.89. The summed E-state index contributed by atoms with van der Waals surface area (Å²) in [4.78, 5) is 11.1. The van der Waals surface area contributed by atoms with E-state index in [1.165, 1.54) is 6.08 Å². The van der Waals surface area contributed by atoms with Gasteiger partial charge >= 0.3 is 0 Å². The Hall–Kier alpha value is -0.870. The second-order valence-corrected chi connectivity index (χ2v) is 3.14. The second kappa shape index (κ2) is 7.53. The normalized spacial score (nSPS) is 14.5. The summed E-state index contributed by atoms with van der Waals surface area (Å²) >= 11 is 0. The van der Waals surface area contributed by atoms with Gasteiger partial charge in [-0.2, -0.15) is 0 Å². The van der Waals surface area contributed by atoms with Crippen molar-refractivity contribution in [3.8, 4) is 0 Å².